The van der Waals surface area contributed by atoms with Gasteiger partial charge in [0, 0.05) is 5.56 Å². The third-order valence-corrected chi connectivity index (χ3v) is 3.02. The minimum atomic E-state index is -1.07. The number of halogens is 3. The Morgan fingerprint density at radius 3 is 2.67 bits per heavy atom. The predicted octanol–water partition coefficient (Wildman–Crippen LogP) is 2.89. The SMILES string of the molecule is CC(CCN)c1cc(F)c(F)c(Br)c1O. The molecule has 0 aromatic heterocycles. The van der Waals surface area contributed by atoms with Crippen molar-refractivity contribution in [2.75, 3.05) is 6.54 Å². The van der Waals surface area contributed by atoms with E-state index in [9.17, 15) is 13.9 Å². The molecule has 84 valence electrons. The van der Waals surface area contributed by atoms with Crippen LogP contribution < -0.4 is 5.73 Å². The van der Waals surface area contributed by atoms with Crippen LogP contribution in [0.25, 0.3) is 0 Å². The molecule has 0 saturated heterocycles. The summed E-state index contributed by atoms with van der Waals surface area (Å²) in [6.07, 6.45) is 0.602. The molecule has 3 N–H and O–H groups in total. The molecule has 0 fully saturated rings. The lowest BCUT2D eigenvalue weighted by Crippen LogP contribution is -2.06. The lowest BCUT2D eigenvalue weighted by Gasteiger charge is -2.14. The van der Waals surface area contributed by atoms with Crippen LogP contribution in [-0.2, 0) is 0 Å². The topological polar surface area (TPSA) is 46.2 Å². The first-order valence-corrected chi connectivity index (χ1v) is 5.34. The van der Waals surface area contributed by atoms with E-state index >= 15 is 0 Å². The Morgan fingerprint density at radius 2 is 2.13 bits per heavy atom. The average Bonchev–Trinajstić information content (AvgIpc) is 2.20. The first kappa shape index (κ1) is 12.4. The van der Waals surface area contributed by atoms with Crippen LogP contribution in [-0.4, -0.2) is 11.7 Å². The number of phenols is 1. The average molecular weight is 280 g/mol. The molecule has 15 heavy (non-hydrogen) atoms. The predicted molar refractivity (Wildman–Crippen MR) is 57.8 cm³/mol. The molecule has 0 heterocycles. The second-order valence-electron chi connectivity index (χ2n) is 3.40. The van der Waals surface area contributed by atoms with Gasteiger partial charge in [0.25, 0.3) is 0 Å². The fourth-order valence-corrected chi connectivity index (χ4v) is 1.80. The van der Waals surface area contributed by atoms with E-state index in [4.69, 9.17) is 5.73 Å². The van der Waals surface area contributed by atoms with Gasteiger partial charge >= 0.3 is 0 Å². The minimum absolute atomic E-state index is 0.110. The second kappa shape index (κ2) is 4.90. The van der Waals surface area contributed by atoms with Gasteiger partial charge in [-0.25, -0.2) is 8.78 Å². The van der Waals surface area contributed by atoms with Gasteiger partial charge in [0.15, 0.2) is 11.6 Å². The fraction of sp³-hybridized carbons (Fsp3) is 0.400. The Morgan fingerprint density at radius 1 is 1.53 bits per heavy atom. The zero-order chi connectivity index (χ0) is 11.6. The van der Waals surface area contributed by atoms with Gasteiger partial charge in [0.2, 0.25) is 0 Å². The molecule has 0 aliphatic heterocycles. The molecule has 1 aromatic rings. The van der Waals surface area contributed by atoms with E-state index in [1.807, 2.05) is 0 Å². The second-order valence-corrected chi connectivity index (χ2v) is 4.20. The van der Waals surface area contributed by atoms with Crippen LogP contribution >= 0.6 is 15.9 Å². The molecule has 5 heteroatoms. The third-order valence-electron chi connectivity index (χ3n) is 2.30. The molecule has 0 spiro atoms. The van der Waals surface area contributed by atoms with Crippen molar-refractivity contribution in [3.05, 3.63) is 27.7 Å². The quantitative estimate of drug-likeness (QED) is 0.836. The van der Waals surface area contributed by atoms with E-state index in [1.54, 1.807) is 6.92 Å². The van der Waals surface area contributed by atoms with Gasteiger partial charge in [-0.15, -0.1) is 0 Å². The number of nitrogens with two attached hydrogens (primary N) is 1. The molecule has 0 aliphatic rings. The monoisotopic (exact) mass is 279 g/mol. The van der Waals surface area contributed by atoms with E-state index in [0.29, 0.717) is 18.5 Å². The molecule has 1 unspecified atom stereocenters. The number of rotatable bonds is 3. The highest BCUT2D eigenvalue weighted by molar-refractivity contribution is 9.10. The number of hydrogen-bond acceptors (Lipinski definition) is 2. The largest absolute Gasteiger partial charge is 0.506 e. The molecule has 1 atom stereocenters. The van der Waals surface area contributed by atoms with Crippen LogP contribution in [0.1, 0.15) is 24.8 Å². The first-order chi connectivity index (χ1) is 6.99. The van der Waals surface area contributed by atoms with E-state index in [2.05, 4.69) is 15.9 Å². The molecule has 1 aromatic carbocycles. The summed E-state index contributed by atoms with van der Waals surface area (Å²) in [5.41, 5.74) is 5.73. The Balaban J connectivity index is 3.19. The highest BCUT2D eigenvalue weighted by Gasteiger charge is 2.19. The van der Waals surface area contributed by atoms with Crippen molar-refractivity contribution < 1.29 is 13.9 Å². The molecule has 1 rings (SSSR count). The van der Waals surface area contributed by atoms with Gasteiger partial charge < -0.3 is 10.8 Å². The van der Waals surface area contributed by atoms with Crippen molar-refractivity contribution in [2.24, 2.45) is 5.73 Å². The molecule has 0 bridgehead atoms. The number of benzene rings is 1. The van der Waals surface area contributed by atoms with E-state index in [1.165, 1.54) is 0 Å². The van der Waals surface area contributed by atoms with Crippen LogP contribution in [0.2, 0.25) is 0 Å². The Labute approximate surface area is 95.2 Å². The van der Waals surface area contributed by atoms with Crippen molar-refractivity contribution in [1.29, 1.82) is 0 Å². The summed E-state index contributed by atoms with van der Waals surface area (Å²) in [5.74, 6) is -2.41. The highest BCUT2D eigenvalue weighted by Crippen LogP contribution is 2.37. The van der Waals surface area contributed by atoms with Gasteiger partial charge in [0.1, 0.15) is 5.75 Å². The highest BCUT2D eigenvalue weighted by atomic mass is 79.9. The maximum Gasteiger partial charge on any atom is 0.176 e. The van der Waals surface area contributed by atoms with Crippen LogP contribution in [0.4, 0.5) is 8.78 Å². The van der Waals surface area contributed by atoms with Crippen LogP contribution in [0.5, 0.6) is 5.75 Å². The van der Waals surface area contributed by atoms with Crippen LogP contribution in [0.3, 0.4) is 0 Å². The minimum Gasteiger partial charge on any atom is -0.506 e. The summed E-state index contributed by atoms with van der Waals surface area (Å²) in [6, 6.07) is 1.01. The Kier molecular flexibility index (Phi) is 4.04. The van der Waals surface area contributed by atoms with E-state index in [0.717, 1.165) is 6.07 Å². The smallest absolute Gasteiger partial charge is 0.176 e. The standard InChI is InChI=1S/C10H12BrF2NO/c1-5(2-3-14)6-4-7(12)9(13)8(11)10(6)15/h4-5,15H,2-3,14H2,1H3. The van der Waals surface area contributed by atoms with E-state index in [-0.39, 0.29) is 16.1 Å². The van der Waals surface area contributed by atoms with Gasteiger partial charge in [-0.05, 0) is 40.9 Å². The summed E-state index contributed by atoms with van der Waals surface area (Å²) >= 11 is 2.80. The zero-order valence-electron chi connectivity index (χ0n) is 8.23. The summed E-state index contributed by atoms with van der Waals surface area (Å²) in [7, 11) is 0. The Hall–Kier alpha value is -0.680. The number of phenolic OH excluding ortho intramolecular Hbond substituents is 1. The molecule has 0 radical (unpaired) electrons. The van der Waals surface area contributed by atoms with Crippen molar-refractivity contribution in [3.8, 4) is 5.75 Å². The summed E-state index contributed by atoms with van der Waals surface area (Å²) < 4.78 is 25.9. The number of aromatic hydroxyl groups is 1. The third kappa shape index (κ3) is 2.46. The lowest BCUT2D eigenvalue weighted by atomic mass is 9.96. The maximum atomic E-state index is 13.1. The fourth-order valence-electron chi connectivity index (χ4n) is 1.38. The van der Waals surface area contributed by atoms with Crippen molar-refractivity contribution in [1.82, 2.24) is 0 Å². The molecular formula is C10H12BrF2NO. The molecule has 0 aliphatic carbocycles. The van der Waals surface area contributed by atoms with Gasteiger partial charge in [-0.3, -0.25) is 0 Å². The molecular weight excluding hydrogens is 268 g/mol. The maximum absolute atomic E-state index is 13.1. The summed E-state index contributed by atoms with van der Waals surface area (Å²) in [5, 5.41) is 9.61. The Bertz CT molecular complexity index is 371. The van der Waals surface area contributed by atoms with Crippen molar-refractivity contribution in [3.63, 3.8) is 0 Å². The molecule has 0 amide bonds. The van der Waals surface area contributed by atoms with Gasteiger partial charge in [0.05, 0.1) is 4.47 Å². The van der Waals surface area contributed by atoms with Crippen molar-refractivity contribution >= 4 is 15.9 Å². The van der Waals surface area contributed by atoms with Crippen molar-refractivity contribution in [2.45, 2.75) is 19.3 Å². The summed E-state index contributed by atoms with van der Waals surface area (Å²) in [4.78, 5) is 0. The van der Waals surface area contributed by atoms with Crippen LogP contribution in [0.15, 0.2) is 10.5 Å². The van der Waals surface area contributed by atoms with E-state index < -0.39 is 11.6 Å². The lowest BCUT2D eigenvalue weighted by molar-refractivity contribution is 0.434. The first-order valence-electron chi connectivity index (χ1n) is 4.55. The molecule has 0 saturated carbocycles. The van der Waals surface area contributed by atoms with Gasteiger partial charge in [-0.2, -0.15) is 0 Å². The number of hydrogen-bond donors (Lipinski definition) is 2. The zero-order valence-corrected chi connectivity index (χ0v) is 9.81. The summed E-state index contributed by atoms with van der Waals surface area (Å²) in [6.45, 7) is 2.23. The molecule has 2 nitrogen and oxygen atoms in total. The van der Waals surface area contributed by atoms with Crippen LogP contribution in [0, 0.1) is 11.6 Å². The normalized spacial score (nSPS) is 12.9. The van der Waals surface area contributed by atoms with Gasteiger partial charge in [-0.1, -0.05) is 6.92 Å².